The third kappa shape index (κ3) is 4.37. The van der Waals surface area contributed by atoms with E-state index in [-0.39, 0.29) is 11.8 Å². The van der Waals surface area contributed by atoms with Crippen LogP contribution in [0.4, 0.5) is 5.82 Å². The van der Waals surface area contributed by atoms with Gasteiger partial charge in [0.05, 0.1) is 7.11 Å². The lowest BCUT2D eigenvalue weighted by Gasteiger charge is -2.31. The lowest BCUT2D eigenvalue weighted by atomic mass is 9.96. The molecule has 3 heterocycles. The summed E-state index contributed by atoms with van der Waals surface area (Å²) in [5, 5.41) is 15.8. The van der Waals surface area contributed by atoms with Gasteiger partial charge in [-0.15, -0.1) is 10.2 Å². The summed E-state index contributed by atoms with van der Waals surface area (Å²) in [5.74, 6) is 2.41. The zero-order valence-corrected chi connectivity index (χ0v) is 16.4. The van der Waals surface area contributed by atoms with Gasteiger partial charge in [0, 0.05) is 43.5 Å². The molecule has 0 unspecified atom stereocenters. The minimum absolute atomic E-state index is 0.0114. The molecule has 4 rings (SSSR count). The summed E-state index contributed by atoms with van der Waals surface area (Å²) in [4.78, 5) is 14.8. The lowest BCUT2D eigenvalue weighted by molar-refractivity contribution is -0.125. The Hall–Kier alpha value is -3.42. The number of hydrogen-bond donors (Lipinski definition) is 1. The predicted molar refractivity (Wildman–Crippen MR) is 109 cm³/mol. The molecule has 8 heteroatoms. The number of benzene rings is 1. The molecule has 0 saturated carbocycles. The van der Waals surface area contributed by atoms with Crippen molar-refractivity contribution in [2.45, 2.75) is 19.4 Å². The summed E-state index contributed by atoms with van der Waals surface area (Å²) in [5.41, 5.74) is 0.980. The Bertz CT molecular complexity index is 934. The summed E-state index contributed by atoms with van der Waals surface area (Å²) in [6.07, 6.45) is 5.12. The highest BCUT2D eigenvalue weighted by Gasteiger charge is 2.25. The van der Waals surface area contributed by atoms with E-state index in [2.05, 4.69) is 25.5 Å². The van der Waals surface area contributed by atoms with Crippen LogP contribution in [0, 0.1) is 5.92 Å². The molecule has 150 valence electrons. The predicted octanol–water partition coefficient (Wildman–Crippen LogP) is 2.20. The molecule has 8 nitrogen and oxygen atoms in total. The molecule has 1 fully saturated rings. The van der Waals surface area contributed by atoms with Gasteiger partial charge in [-0.05, 0) is 37.1 Å². The second-order valence-corrected chi connectivity index (χ2v) is 6.99. The van der Waals surface area contributed by atoms with Crippen LogP contribution >= 0.6 is 0 Å². The standard InChI is InChI=1S/C21H24N6O2/c1-29-18-6-3-2-5-17(18)15-22-21(28)16-9-13-26(14-10-16)19-7-8-20(25-24-19)27-12-4-11-23-27/h2-8,11-12,16H,9-10,13-15H2,1H3,(H,22,28). The molecular formula is C21H24N6O2. The van der Waals surface area contributed by atoms with E-state index >= 15 is 0 Å². The molecule has 0 atom stereocenters. The fraction of sp³-hybridized carbons (Fsp3) is 0.333. The summed E-state index contributed by atoms with van der Waals surface area (Å²) in [6, 6.07) is 13.4. The number of para-hydroxylation sites is 1. The third-order valence-electron chi connectivity index (χ3n) is 5.21. The number of carbonyl (C=O) groups is 1. The van der Waals surface area contributed by atoms with Crippen LogP contribution in [-0.4, -0.2) is 46.1 Å². The van der Waals surface area contributed by atoms with Crippen molar-refractivity contribution in [1.82, 2.24) is 25.3 Å². The molecule has 0 radical (unpaired) electrons. The van der Waals surface area contributed by atoms with Gasteiger partial charge in [-0.1, -0.05) is 18.2 Å². The normalized spacial score (nSPS) is 14.6. The van der Waals surface area contributed by atoms with Gasteiger partial charge in [-0.2, -0.15) is 5.10 Å². The monoisotopic (exact) mass is 392 g/mol. The highest BCUT2D eigenvalue weighted by atomic mass is 16.5. The SMILES string of the molecule is COc1ccccc1CNC(=O)C1CCN(c2ccc(-n3cccn3)nn2)CC1. The second kappa shape index (κ2) is 8.72. The van der Waals surface area contributed by atoms with Crippen LogP contribution in [0.1, 0.15) is 18.4 Å². The van der Waals surface area contributed by atoms with Crippen LogP contribution in [0.25, 0.3) is 5.82 Å². The number of amides is 1. The highest BCUT2D eigenvalue weighted by Crippen LogP contribution is 2.23. The van der Waals surface area contributed by atoms with Crippen LogP contribution in [0.2, 0.25) is 0 Å². The topological polar surface area (TPSA) is 85.2 Å². The van der Waals surface area contributed by atoms with Crippen molar-refractivity contribution >= 4 is 11.7 Å². The van der Waals surface area contributed by atoms with Crippen molar-refractivity contribution in [1.29, 1.82) is 0 Å². The first kappa shape index (κ1) is 18.9. The smallest absolute Gasteiger partial charge is 0.223 e. The molecule has 29 heavy (non-hydrogen) atoms. The maximum absolute atomic E-state index is 12.6. The molecule has 0 spiro atoms. The van der Waals surface area contributed by atoms with Gasteiger partial charge in [0.1, 0.15) is 5.75 Å². The molecule has 1 amide bonds. The van der Waals surface area contributed by atoms with Crippen LogP contribution in [0.5, 0.6) is 5.75 Å². The van der Waals surface area contributed by atoms with Crippen molar-refractivity contribution in [2.24, 2.45) is 5.92 Å². The van der Waals surface area contributed by atoms with E-state index in [9.17, 15) is 4.79 Å². The second-order valence-electron chi connectivity index (χ2n) is 6.99. The maximum Gasteiger partial charge on any atom is 0.223 e. The molecule has 0 aliphatic carbocycles. The Balaban J connectivity index is 1.29. The number of aromatic nitrogens is 4. The zero-order valence-electron chi connectivity index (χ0n) is 16.4. The number of piperidine rings is 1. The van der Waals surface area contributed by atoms with Crippen LogP contribution in [0.15, 0.2) is 54.9 Å². The van der Waals surface area contributed by atoms with Crippen molar-refractivity contribution < 1.29 is 9.53 Å². The summed E-state index contributed by atoms with van der Waals surface area (Å²) >= 11 is 0. The van der Waals surface area contributed by atoms with Crippen molar-refractivity contribution in [2.75, 3.05) is 25.1 Å². The van der Waals surface area contributed by atoms with Gasteiger partial charge in [0.25, 0.3) is 0 Å². The van der Waals surface area contributed by atoms with Crippen molar-refractivity contribution in [3.63, 3.8) is 0 Å². The Morgan fingerprint density at radius 2 is 1.86 bits per heavy atom. The Kier molecular flexibility index (Phi) is 5.69. The first-order valence-electron chi connectivity index (χ1n) is 9.73. The molecule has 1 N–H and O–H groups in total. The first-order chi connectivity index (χ1) is 14.2. The third-order valence-corrected chi connectivity index (χ3v) is 5.21. The van der Waals surface area contributed by atoms with Gasteiger partial charge >= 0.3 is 0 Å². The quantitative estimate of drug-likeness (QED) is 0.692. The van der Waals surface area contributed by atoms with E-state index in [1.165, 1.54) is 0 Å². The number of ether oxygens (including phenoxy) is 1. The minimum atomic E-state index is 0.0114. The molecule has 1 aliphatic heterocycles. The largest absolute Gasteiger partial charge is 0.496 e. The van der Waals surface area contributed by atoms with E-state index < -0.39 is 0 Å². The average Bonchev–Trinajstić information content (AvgIpc) is 3.33. The molecule has 1 saturated heterocycles. The Labute approximate surface area is 169 Å². The van der Waals surface area contributed by atoms with Crippen LogP contribution in [0.3, 0.4) is 0 Å². The van der Waals surface area contributed by atoms with E-state index in [4.69, 9.17) is 4.74 Å². The molecule has 2 aromatic heterocycles. The van der Waals surface area contributed by atoms with Crippen LogP contribution in [-0.2, 0) is 11.3 Å². The fourth-order valence-electron chi connectivity index (χ4n) is 3.56. The van der Waals surface area contributed by atoms with Gasteiger partial charge in [0.15, 0.2) is 11.6 Å². The Morgan fingerprint density at radius 3 is 2.55 bits per heavy atom. The summed E-state index contributed by atoms with van der Waals surface area (Å²) in [7, 11) is 1.64. The van der Waals surface area contributed by atoms with Gasteiger partial charge in [-0.25, -0.2) is 4.68 Å². The number of carbonyl (C=O) groups excluding carboxylic acids is 1. The minimum Gasteiger partial charge on any atom is -0.496 e. The number of nitrogens with one attached hydrogen (secondary N) is 1. The Morgan fingerprint density at radius 1 is 1.10 bits per heavy atom. The molecule has 0 bridgehead atoms. The van der Waals surface area contributed by atoms with E-state index in [0.29, 0.717) is 12.4 Å². The lowest BCUT2D eigenvalue weighted by Crippen LogP contribution is -2.40. The molecule has 3 aromatic rings. The van der Waals surface area contributed by atoms with E-state index in [1.54, 1.807) is 18.0 Å². The highest BCUT2D eigenvalue weighted by molar-refractivity contribution is 5.79. The molecule has 1 aliphatic rings. The number of methoxy groups -OCH3 is 1. The van der Waals surface area contributed by atoms with E-state index in [0.717, 1.165) is 43.1 Å². The van der Waals surface area contributed by atoms with Crippen molar-refractivity contribution in [3.05, 3.63) is 60.4 Å². The summed E-state index contributed by atoms with van der Waals surface area (Å²) < 4.78 is 7.02. The van der Waals surface area contributed by atoms with Crippen molar-refractivity contribution in [3.8, 4) is 11.6 Å². The number of rotatable bonds is 6. The number of nitrogens with zero attached hydrogens (tertiary/aromatic N) is 5. The van der Waals surface area contributed by atoms with E-state index in [1.807, 2.05) is 48.7 Å². The average molecular weight is 392 g/mol. The maximum atomic E-state index is 12.6. The van der Waals surface area contributed by atoms with Crippen LogP contribution < -0.4 is 15.0 Å². The van der Waals surface area contributed by atoms with Gasteiger partial charge < -0.3 is 15.0 Å². The zero-order chi connectivity index (χ0) is 20.1. The summed E-state index contributed by atoms with van der Waals surface area (Å²) in [6.45, 7) is 2.04. The number of hydrogen-bond acceptors (Lipinski definition) is 6. The number of anilines is 1. The fourth-order valence-corrected chi connectivity index (χ4v) is 3.56. The van der Waals surface area contributed by atoms with Gasteiger partial charge in [0.2, 0.25) is 5.91 Å². The first-order valence-corrected chi connectivity index (χ1v) is 9.73. The molecular weight excluding hydrogens is 368 g/mol. The van der Waals surface area contributed by atoms with Gasteiger partial charge in [-0.3, -0.25) is 4.79 Å². The molecule has 1 aromatic carbocycles.